The molecule has 0 saturated carbocycles. The Kier molecular flexibility index (Phi) is 1.71. The second-order valence-corrected chi connectivity index (χ2v) is 1.91. The van der Waals surface area contributed by atoms with Gasteiger partial charge in [-0.1, -0.05) is 6.58 Å². The molecule has 0 aliphatic carbocycles. The van der Waals surface area contributed by atoms with Crippen molar-refractivity contribution in [2.45, 2.75) is 12.5 Å². The highest BCUT2D eigenvalue weighted by Gasteiger charge is 2.46. The third-order valence-corrected chi connectivity index (χ3v) is 1.17. The number of hydrogen-bond acceptors (Lipinski definition) is 4. The van der Waals surface area contributed by atoms with Crippen LogP contribution in [0.25, 0.3) is 0 Å². The van der Waals surface area contributed by atoms with Crippen molar-refractivity contribution in [1.82, 2.24) is 10.4 Å². The quantitative estimate of drug-likeness (QED) is 0.314. The summed E-state index contributed by atoms with van der Waals surface area (Å²) in [6, 6.07) is 0. The molecule has 1 aliphatic heterocycles. The highest BCUT2D eigenvalue weighted by molar-refractivity contribution is 5.86. The Morgan fingerprint density at radius 1 is 1.60 bits per heavy atom. The zero-order chi connectivity index (χ0) is 7.72. The average molecular weight is 144 g/mol. The molecule has 10 heavy (non-hydrogen) atoms. The van der Waals surface area contributed by atoms with E-state index in [4.69, 9.17) is 10.2 Å². The zero-order valence-corrected chi connectivity index (χ0v) is 5.19. The number of hydrazine groups is 1. The van der Waals surface area contributed by atoms with Crippen LogP contribution in [-0.4, -0.2) is 33.6 Å². The summed E-state index contributed by atoms with van der Waals surface area (Å²) in [5.74, 6) is -0.449. The first-order valence-electron chi connectivity index (χ1n) is 2.74. The maximum atomic E-state index is 10.5. The van der Waals surface area contributed by atoms with Crippen molar-refractivity contribution in [3.63, 3.8) is 0 Å². The van der Waals surface area contributed by atoms with Gasteiger partial charge in [-0.3, -0.25) is 10.2 Å². The summed E-state index contributed by atoms with van der Waals surface area (Å²) in [5, 5.41) is 18.3. The number of aliphatic hydroxyl groups excluding tert-OH is 2. The summed E-state index contributed by atoms with van der Waals surface area (Å²) in [6.45, 7) is 3.19. The van der Waals surface area contributed by atoms with E-state index < -0.39 is 18.4 Å². The fourth-order valence-electron chi connectivity index (χ4n) is 0.512. The Morgan fingerprint density at radius 3 is 2.40 bits per heavy atom. The molecule has 3 N–H and O–H groups in total. The minimum atomic E-state index is -0.969. The van der Waals surface area contributed by atoms with Gasteiger partial charge in [-0.15, -0.1) is 0 Å². The SMILES string of the molecule is C=CC(=O)NN1C(O)C1O. The van der Waals surface area contributed by atoms with Gasteiger partial charge in [0.05, 0.1) is 0 Å². The van der Waals surface area contributed by atoms with Gasteiger partial charge in [-0.2, -0.15) is 5.01 Å². The Morgan fingerprint density at radius 2 is 2.10 bits per heavy atom. The Balaban J connectivity index is 2.29. The second kappa shape index (κ2) is 2.37. The molecule has 1 heterocycles. The molecule has 1 fully saturated rings. The molecule has 5 heteroatoms. The van der Waals surface area contributed by atoms with Crippen LogP contribution in [0, 0.1) is 0 Å². The standard InChI is InChI=1S/C5H8N2O3/c1-2-3(8)6-7-4(9)5(7)10/h2,4-5,9-10H,1H2,(H,6,8). The van der Waals surface area contributed by atoms with Crippen LogP contribution in [-0.2, 0) is 4.79 Å². The number of nitrogens with zero attached hydrogens (tertiary/aromatic N) is 1. The minimum absolute atomic E-state index is 0.449. The van der Waals surface area contributed by atoms with Crippen LogP contribution < -0.4 is 5.43 Å². The first kappa shape index (κ1) is 7.20. The molecule has 1 rings (SSSR count). The molecular weight excluding hydrogens is 136 g/mol. The summed E-state index contributed by atoms with van der Waals surface area (Å²) >= 11 is 0. The molecule has 0 aromatic carbocycles. The number of aliphatic hydroxyl groups is 2. The van der Waals surface area contributed by atoms with E-state index in [1.165, 1.54) is 0 Å². The van der Waals surface area contributed by atoms with E-state index in [9.17, 15) is 4.79 Å². The van der Waals surface area contributed by atoms with E-state index in [2.05, 4.69) is 12.0 Å². The summed E-state index contributed by atoms with van der Waals surface area (Å²) < 4.78 is 0. The fraction of sp³-hybridized carbons (Fsp3) is 0.400. The molecule has 1 amide bonds. The Hall–Kier alpha value is -0.910. The average Bonchev–Trinajstić information content (AvgIpc) is 2.45. The first-order chi connectivity index (χ1) is 4.66. The van der Waals surface area contributed by atoms with Crippen molar-refractivity contribution in [2.24, 2.45) is 0 Å². The lowest BCUT2D eigenvalue weighted by atomic mass is 10.6. The van der Waals surface area contributed by atoms with E-state index in [0.29, 0.717) is 0 Å². The summed E-state index contributed by atoms with van der Waals surface area (Å²) in [4.78, 5) is 10.5. The maximum Gasteiger partial charge on any atom is 0.257 e. The van der Waals surface area contributed by atoms with Crippen LogP contribution in [0.5, 0.6) is 0 Å². The van der Waals surface area contributed by atoms with Gasteiger partial charge in [0.2, 0.25) is 0 Å². The number of rotatable bonds is 2. The number of carbonyl (C=O) groups is 1. The molecule has 0 aromatic rings. The first-order valence-corrected chi connectivity index (χ1v) is 2.74. The molecule has 0 radical (unpaired) electrons. The Bertz CT molecular complexity index is 162. The highest BCUT2D eigenvalue weighted by Crippen LogP contribution is 2.18. The number of amides is 1. The lowest BCUT2D eigenvalue weighted by Crippen LogP contribution is -2.29. The number of hydrogen-bond donors (Lipinski definition) is 3. The lowest BCUT2D eigenvalue weighted by molar-refractivity contribution is -0.120. The predicted octanol–water partition coefficient (Wildman–Crippen LogP) is -1.84. The molecule has 0 aromatic heterocycles. The largest absolute Gasteiger partial charge is 0.372 e. The van der Waals surface area contributed by atoms with E-state index in [0.717, 1.165) is 11.1 Å². The topological polar surface area (TPSA) is 72.6 Å². The van der Waals surface area contributed by atoms with Gasteiger partial charge >= 0.3 is 0 Å². The van der Waals surface area contributed by atoms with Gasteiger partial charge in [0, 0.05) is 0 Å². The van der Waals surface area contributed by atoms with E-state index >= 15 is 0 Å². The second-order valence-electron chi connectivity index (χ2n) is 1.91. The van der Waals surface area contributed by atoms with Crippen LogP contribution in [0.2, 0.25) is 0 Å². The predicted molar refractivity (Wildman–Crippen MR) is 32.2 cm³/mol. The van der Waals surface area contributed by atoms with Gasteiger partial charge in [0.25, 0.3) is 5.91 Å². The summed E-state index contributed by atoms with van der Waals surface area (Å²) in [6.07, 6.45) is -0.884. The molecule has 2 unspecified atom stereocenters. The fourth-order valence-corrected chi connectivity index (χ4v) is 0.512. The van der Waals surface area contributed by atoms with Crippen LogP contribution in [0.3, 0.4) is 0 Å². The van der Waals surface area contributed by atoms with Gasteiger partial charge < -0.3 is 10.2 Å². The Labute approximate surface area is 57.5 Å². The van der Waals surface area contributed by atoms with Crippen molar-refractivity contribution in [3.8, 4) is 0 Å². The maximum absolute atomic E-state index is 10.5. The molecular formula is C5H8N2O3. The smallest absolute Gasteiger partial charge is 0.257 e. The zero-order valence-electron chi connectivity index (χ0n) is 5.19. The van der Waals surface area contributed by atoms with Crippen molar-refractivity contribution < 1.29 is 15.0 Å². The van der Waals surface area contributed by atoms with Crippen molar-refractivity contribution in [3.05, 3.63) is 12.7 Å². The van der Waals surface area contributed by atoms with E-state index in [1.807, 2.05) is 0 Å². The van der Waals surface area contributed by atoms with Crippen molar-refractivity contribution in [2.75, 3.05) is 0 Å². The third-order valence-electron chi connectivity index (χ3n) is 1.17. The van der Waals surface area contributed by atoms with Gasteiger partial charge in [-0.25, -0.2) is 0 Å². The van der Waals surface area contributed by atoms with E-state index in [1.54, 1.807) is 0 Å². The normalized spacial score (nSPS) is 36.8. The van der Waals surface area contributed by atoms with Gasteiger partial charge in [0.1, 0.15) is 0 Å². The van der Waals surface area contributed by atoms with Gasteiger partial charge in [-0.05, 0) is 6.08 Å². The van der Waals surface area contributed by atoms with Crippen molar-refractivity contribution >= 4 is 5.91 Å². The molecule has 5 nitrogen and oxygen atoms in total. The van der Waals surface area contributed by atoms with Crippen LogP contribution in [0.1, 0.15) is 0 Å². The molecule has 56 valence electrons. The minimum Gasteiger partial charge on any atom is -0.372 e. The lowest BCUT2D eigenvalue weighted by Gasteiger charge is -1.98. The third kappa shape index (κ3) is 1.15. The highest BCUT2D eigenvalue weighted by atomic mass is 16.4. The molecule has 0 bridgehead atoms. The number of carbonyl (C=O) groups excluding carboxylic acids is 1. The van der Waals surface area contributed by atoms with Crippen LogP contribution in [0.15, 0.2) is 12.7 Å². The molecule has 1 saturated heterocycles. The number of nitrogens with one attached hydrogen (secondary N) is 1. The van der Waals surface area contributed by atoms with Crippen LogP contribution >= 0.6 is 0 Å². The monoisotopic (exact) mass is 144 g/mol. The molecule has 2 atom stereocenters. The summed E-state index contributed by atoms with van der Waals surface area (Å²) in [5.41, 5.74) is 2.18. The van der Waals surface area contributed by atoms with Crippen molar-refractivity contribution in [1.29, 1.82) is 0 Å². The van der Waals surface area contributed by atoms with E-state index in [-0.39, 0.29) is 0 Å². The summed E-state index contributed by atoms with van der Waals surface area (Å²) in [7, 11) is 0. The molecule has 0 spiro atoms. The van der Waals surface area contributed by atoms with Gasteiger partial charge in [0.15, 0.2) is 12.5 Å². The molecule has 1 aliphatic rings. The van der Waals surface area contributed by atoms with Crippen LogP contribution in [0.4, 0.5) is 0 Å².